The van der Waals surface area contributed by atoms with Crippen molar-refractivity contribution in [2.45, 2.75) is 19.4 Å². The van der Waals surface area contributed by atoms with Gasteiger partial charge in [-0.2, -0.15) is 0 Å². The molecule has 0 aliphatic heterocycles. The van der Waals surface area contributed by atoms with Crippen LogP contribution in [0.1, 0.15) is 24.1 Å². The number of hydrogen-bond donors (Lipinski definition) is 2. The first-order valence-corrected chi connectivity index (χ1v) is 9.10. The lowest BCUT2D eigenvalue weighted by Gasteiger charge is -2.19. The Balaban J connectivity index is 0.00000420. The molecule has 1 unspecified atom stereocenters. The number of halogens is 3. The van der Waals surface area contributed by atoms with Crippen molar-refractivity contribution in [2.24, 2.45) is 4.99 Å². The van der Waals surface area contributed by atoms with Crippen LogP contribution in [0.15, 0.2) is 53.5 Å². The second-order valence-corrected chi connectivity index (χ2v) is 6.64. The van der Waals surface area contributed by atoms with Gasteiger partial charge in [0.25, 0.3) is 0 Å². The minimum absolute atomic E-state index is 0. The number of likely N-dealkylation sites (N-methyl/N-ethyl adjacent to an activating group) is 1. The van der Waals surface area contributed by atoms with Crippen LogP contribution >= 0.6 is 24.0 Å². The van der Waals surface area contributed by atoms with Gasteiger partial charge in [0.05, 0.1) is 6.04 Å². The molecule has 2 aromatic rings. The first-order chi connectivity index (χ1) is 13.4. The maximum atomic E-state index is 13.8. The fraction of sp³-hybridized carbons (Fsp3) is 0.333. The van der Waals surface area contributed by atoms with Crippen LogP contribution in [0, 0.1) is 11.6 Å². The molecule has 0 aliphatic carbocycles. The van der Waals surface area contributed by atoms with Gasteiger partial charge in [-0.05, 0) is 42.7 Å². The largest absolute Gasteiger partial charge is 0.356 e. The average Bonchev–Trinajstić information content (AvgIpc) is 2.68. The van der Waals surface area contributed by atoms with Crippen LogP contribution in [0.3, 0.4) is 0 Å². The van der Waals surface area contributed by atoms with Gasteiger partial charge in [0.15, 0.2) is 5.96 Å². The Hall–Kier alpha value is -2.23. The van der Waals surface area contributed by atoms with Gasteiger partial charge in [-0.25, -0.2) is 13.8 Å². The van der Waals surface area contributed by atoms with E-state index in [0.29, 0.717) is 12.5 Å². The lowest BCUT2D eigenvalue weighted by atomic mass is 10.1. The Bertz CT molecular complexity index is 816. The van der Waals surface area contributed by atoms with Crippen molar-refractivity contribution in [2.75, 3.05) is 27.2 Å². The lowest BCUT2D eigenvalue weighted by molar-refractivity contribution is -0.127. The van der Waals surface area contributed by atoms with Crippen LogP contribution < -0.4 is 10.6 Å². The van der Waals surface area contributed by atoms with Crippen molar-refractivity contribution in [1.82, 2.24) is 15.5 Å². The Morgan fingerprint density at radius 3 is 2.48 bits per heavy atom. The molecular formula is C21H27F2IN4O. The molecule has 0 aliphatic rings. The Morgan fingerprint density at radius 1 is 1.14 bits per heavy atom. The molecule has 0 heterocycles. The van der Waals surface area contributed by atoms with E-state index in [4.69, 9.17) is 0 Å². The second kappa shape index (κ2) is 12.4. The molecule has 29 heavy (non-hydrogen) atoms. The predicted octanol–water partition coefficient (Wildman–Crippen LogP) is 3.51. The van der Waals surface area contributed by atoms with E-state index in [1.165, 1.54) is 11.0 Å². The van der Waals surface area contributed by atoms with E-state index < -0.39 is 11.6 Å². The number of rotatable bonds is 7. The van der Waals surface area contributed by atoms with Crippen molar-refractivity contribution in [3.05, 3.63) is 71.3 Å². The molecule has 5 nitrogen and oxygen atoms in total. The highest BCUT2D eigenvalue weighted by Crippen LogP contribution is 2.11. The van der Waals surface area contributed by atoms with E-state index in [1.807, 2.05) is 37.3 Å². The lowest BCUT2D eigenvalue weighted by Crippen LogP contribution is -2.40. The van der Waals surface area contributed by atoms with Crippen LogP contribution in [-0.4, -0.2) is 44.0 Å². The zero-order chi connectivity index (χ0) is 20.5. The molecule has 0 spiro atoms. The summed E-state index contributed by atoms with van der Waals surface area (Å²) >= 11 is 0. The molecule has 1 atom stereocenters. The highest BCUT2D eigenvalue weighted by molar-refractivity contribution is 14.0. The third-order valence-corrected chi connectivity index (χ3v) is 4.22. The quantitative estimate of drug-likeness (QED) is 0.337. The van der Waals surface area contributed by atoms with Gasteiger partial charge in [0.1, 0.15) is 18.2 Å². The third-order valence-electron chi connectivity index (χ3n) is 4.22. The van der Waals surface area contributed by atoms with Gasteiger partial charge in [-0.3, -0.25) is 4.79 Å². The zero-order valence-corrected chi connectivity index (χ0v) is 19.1. The molecule has 2 N–H and O–H groups in total. The van der Waals surface area contributed by atoms with Crippen molar-refractivity contribution >= 4 is 35.8 Å². The molecule has 2 aromatic carbocycles. The van der Waals surface area contributed by atoms with Crippen molar-refractivity contribution in [3.8, 4) is 0 Å². The molecule has 0 fully saturated rings. The molecule has 0 aromatic heterocycles. The SMILES string of the molecule is CC(NC(=NCC(=O)N(C)C)NCCc1cc(F)ccc1F)c1ccccc1.I. The molecule has 2 rings (SSSR count). The van der Waals surface area contributed by atoms with Gasteiger partial charge in [-0.1, -0.05) is 30.3 Å². The smallest absolute Gasteiger partial charge is 0.243 e. The molecule has 158 valence electrons. The minimum Gasteiger partial charge on any atom is -0.356 e. The maximum absolute atomic E-state index is 13.8. The van der Waals surface area contributed by atoms with Crippen LogP contribution in [0.4, 0.5) is 8.78 Å². The number of hydrogen-bond acceptors (Lipinski definition) is 2. The minimum atomic E-state index is -0.474. The van der Waals surface area contributed by atoms with Crippen LogP contribution in [0.5, 0.6) is 0 Å². The van der Waals surface area contributed by atoms with Crippen molar-refractivity contribution in [1.29, 1.82) is 0 Å². The van der Waals surface area contributed by atoms with Crippen molar-refractivity contribution in [3.63, 3.8) is 0 Å². The fourth-order valence-electron chi connectivity index (χ4n) is 2.52. The normalized spacial score (nSPS) is 12.0. The van der Waals surface area contributed by atoms with E-state index in [1.54, 1.807) is 14.1 Å². The number of amides is 1. The number of carbonyl (C=O) groups is 1. The average molecular weight is 516 g/mol. The second-order valence-electron chi connectivity index (χ2n) is 6.64. The summed E-state index contributed by atoms with van der Waals surface area (Å²) in [5, 5.41) is 6.33. The van der Waals surface area contributed by atoms with Crippen molar-refractivity contribution < 1.29 is 13.6 Å². The summed E-state index contributed by atoms with van der Waals surface area (Å²) < 4.78 is 27.1. The Morgan fingerprint density at radius 2 is 1.83 bits per heavy atom. The van der Waals surface area contributed by atoms with Crippen LogP contribution in [-0.2, 0) is 11.2 Å². The summed E-state index contributed by atoms with van der Waals surface area (Å²) in [5.41, 5.74) is 1.35. The van der Waals surface area contributed by atoms with E-state index in [9.17, 15) is 13.6 Å². The number of carbonyl (C=O) groups excluding carboxylic acids is 1. The molecular weight excluding hydrogens is 489 g/mol. The summed E-state index contributed by atoms with van der Waals surface area (Å²) in [4.78, 5) is 17.6. The Labute approximate surface area is 187 Å². The number of guanidine groups is 1. The number of benzene rings is 2. The van der Waals surface area contributed by atoms with Crippen LogP contribution in [0.25, 0.3) is 0 Å². The third kappa shape index (κ3) is 8.35. The maximum Gasteiger partial charge on any atom is 0.243 e. The zero-order valence-electron chi connectivity index (χ0n) is 16.8. The molecule has 0 bridgehead atoms. The first kappa shape index (κ1) is 24.8. The summed E-state index contributed by atoms with van der Waals surface area (Å²) in [5.74, 6) is -0.624. The molecule has 8 heteroatoms. The highest BCUT2D eigenvalue weighted by atomic mass is 127. The number of nitrogens with zero attached hydrogens (tertiary/aromatic N) is 2. The topological polar surface area (TPSA) is 56.7 Å². The number of aliphatic imine (C=N–C) groups is 1. The molecule has 1 amide bonds. The van der Waals surface area contributed by atoms with E-state index >= 15 is 0 Å². The monoisotopic (exact) mass is 516 g/mol. The molecule has 0 saturated heterocycles. The van der Waals surface area contributed by atoms with Gasteiger partial charge in [-0.15, -0.1) is 24.0 Å². The van der Waals surface area contributed by atoms with Gasteiger partial charge in [0.2, 0.25) is 5.91 Å². The summed E-state index contributed by atoms with van der Waals surface area (Å²) in [6, 6.07) is 13.1. The van der Waals surface area contributed by atoms with Gasteiger partial charge >= 0.3 is 0 Å². The van der Waals surface area contributed by atoms with Crippen LogP contribution in [0.2, 0.25) is 0 Å². The molecule has 0 saturated carbocycles. The highest BCUT2D eigenvalue weighted by Gasteiger charge is 2.10. The van der Waals surface area contributed by atoms with Gasteiger partial charge in [0, 0.05) is 20.6 Å². The summed E-state index contributed by atoms with van der Waals surface area (Å²) in [6.07, 6.45) is 0.283. The first-order valence-electron chi connectivity index (χ1n) is 9.10. The predicted molar refractivity (Wildman–Crippen MR) is 122 cm³/mol. The Kier molecular flexibility index (Phi) is 10.6. The summed E-state index contributed by atoms with van der Waals surface area (Å²) in [6.45, 7) is 2.30. The van der Waals surface area contributed by atoms with E-state index in [-0.39, 0.29) is 54.5 Å². The van der Waals surface area contributed by atoms with Gasteiger partial charge < -0.3 is 15.5 Å². The van der Waals surface area contributed by atoms with E-state index in [2.05, 4.69) is 15.6 Å². The standard InChI is InChI=1S/C21H26F2N4O.HI/c1-15(16-7-5-4-6-8-16)26-21(25-14-20(28)27(2)3)24-12-11-17-13-18(22)9-10-19(17)23;/h4-10,13,15H,11-12,14H2,1-3H3,(H2,24,25,26);1H. The number of nitrogens with one attached hydrogen (secondary N) is 2. The summed E-state index contributed by atoms with van der Waals surface area (Å²) in [7, 11) is 3.33. The molecule has 0 radical (unpaired) electrons. The fourth-order valence-corrected chi connectivity index (χ4v) is 2.52. The van der Waals surface area contributed by atoms with E-state index in [0.717, 1.165) is 17.7 Å².